The molecular formula is C38H35F3N2O4. The van der Waals surface area contributed by atoms with E-state index in [9.17, 15) is 32.7 Å². The Hall–Kier alpha value is -4.92. The Labute approximate surface area is 271 Å². The molecule has 4 aromatic rings. The molecule has 0 spiro atoms. The molecule has 2 amide bonds. The summed E-state index contributed by atoms with van der Waals surface area (Å²) in [5, 5.41) is 10.5. The monoisotopic (exact) mass is 640 g/mol. The molecule has 6 rings (SSSR count). The van der Waals surface area contributed by atoms with Crippen molar-refractivity contribution in [2.24, 2.45) is 5.92 Å². The van der Waals surface area contributed by atoms with Crippen LogP contribution in [-0.2, 0) is 22.2 Å². The molecule has 1 aliphatic heterocycles. The molecule has 47 heavy (non-hydrogen) atoms. The van der Waals surface area contributed by atoms with Gasteiger partial charge in [0.2, 0.25) is 5.91 Å². The Morgan fingerprint density at radius 1 is 0.766 bits per heavy atom. The Kier molecular flexibility index (Phi) is 9.16. The summed E-state index contributed by atoms with van der Waals surface area (Å²) >= 11 is 0. The summed E-state index contributed by atoms with van der Waals surface area (Å²) < 4.78 is 39.1. The summed E-state index contributed by atoms with van der Waals surface area (Å²) in [5.41, 5.74) is 3.45. The zero-order valence-electron chi connectivity index (χ0n) is 25.7. The van der Waals surface area contributed by atoms with Crippen LogP contribution < -0.4 is 0 Å². The molecule has 2 aliphatic rings. The normalized spacial score (nSPS) is 16.9. The molecule has 0 radical (unpaired) electrons. The Bertz CT molecular complexity index is 1720. The zero-order valence-corrected chi connectivity index (χ0v) is 25.7. The van der Waals surface area contributed by atoms with E-state index in [0.29, 0.717) is 24.1 Å². The largest absolute Gasteiger partial charge is 0.480 e. The number of carbonyl (C=O) groups excluding carboxylic acids is 2. The van der Waals surface area contributed by atoms with Crippen LogP contribution in [0.1, 0.15) is 47.2 Å². The SMILES string of the molecule is O=C(O)[C@H](Cc1ccc(-c2ccccc2)cc1)N(C[C@H]1CCCN1C(=O)C1CC1)C(=O)c1ccc(-c2ccc(C(F)(F)F)cc2)cc1. The number of hydrogen-bond donors (Lipinski definition) is 1. The van der Waals surface area contributed by atoms with Gasteiger partial charge in [0, 0.05) is 37.0 Å². The van der Waals surface area contributed by atoms with Crippen molar-refractivity contribution >= 4 is 17.8 Å². The van der Waals surface area contributed by atoms with Gasteiger partial charge < -0.3 is 14.9 Å². The van der Waals surface area contributed by atoms with Crippen molar-refractivity contribution in [3.63, 3.8) is 0 Å². The standard InChI is InChI=1S/C38H35F3N2O4/c39-38(40,41)32-20-18-29(19-21-32)28-12-14-31(15-13-28)36(45)43(24-33-7-4-22-42(33)35(44)30-16-17-30)34(37(46)47)23-25-8-10-27(11-9-25)26-5-2-1-3-6-26/h1-3,5-6,8-15,18-21,30,33-34H,4,7,16-17,22-24H2,(H,46,47)/t33-,34+/m1/s1. The van der Waals surface area contributed by atoms with Gasteiger partial charge in [0.15, 0.2) is 0 Å². The van der Waals surface area contributed by atoms with Crippen LogP contribution in [0.4, 0.5) is 13.2 Å². The number of likely N-dealkylation sites (tertiary alicyclic amines) is 1. The molecular weight excluding hydrogens is 605 g/mol. The third-order valence-electron chi connectivity index (χ3n) is 9.08. The number of alkyl halides is 3. The van der Waals surface area contributed by atoms with Gasteiger partial charge >= 0.3 is 12.1 Å². The van der Waals surface area contributed by atoms with Crippen molar-refractivity contribution in [3.8, 4) is 22.3 Å². The Morgan fingerprint density at radius 3 is 1.87 bits per heavy atom. The summed E-state index contributed by atoms with van der Waals surface area (Å²) in [5.74, 6) is -1.55. The summed E-state index contributed by atoms with van der Waals surface area (Å²) in [7, 11) is 0. The fraction of sp³-hybridized carbons (Fsp3) is 0.289. The molecule has 1 saturated carbocycles. The highest BCUT2D eigenvalue weighted by molar-refractivity contribution is 5.97. The van der Waals surface area contributed by atoms with E-state index in [1.807, 2.05) is 59.5 Å². The number of rotatable bonds is 10. The lowest BCUT2D eigenvalue weighted by molar-refractivity contribution is -0.142. The molecule has 1 N–H and O–H groups in total. The lowest BCUT2D eigenvalue weighted by Gasteiger charge is -2.35. The van der Waals surface area contributed by atoms with E-state index in [2.05, 4.69) is 0 Å². The maximum absolute atomic E-state index is 14.2. The number of carboxylic acid groups (broad SMARTS) is 1. The highest BCUT2D eigenvalue weighted by Gasteiger charge is 2.41. The number of nitrogens with zero attached hydrogens (tertiary/aromatic N) is 2. The van der Waals surface area contributed by atoms with Crippen LogP contribution in [0.3, 0.4) is 0 Å². The van der Waals surface area contributed by atoms with Crippen LogP contribution in [0.25, 0.3) is 22.3 Å². The van der Waals surface area contributed by atoms with Crippen molar-refractivity contribution in [2.75, 3.05) is 13.1 Å². The zero-order chi connectivity index (χ0) is 33.1. The number of amides is 2. The minimum Gasteiger partial charge on any atom is -0.480 e. The first kappa shape index (κ1) is 32.0. The Morgan fingerprint density at radius 2 is 1.32 bits per heavy atom. The summed E-state index contributed by atoms with van der Waals surface area (Å²) in [4.78, 5) is 43.3. The molecule has 0 aromatic heterocycles. The van der Waals surface area contributed by atoms with Crippen molar-refractivity contribution < 1.29 is 32.7 Å². The van der Waals surface area contributed by atoms with Gasteiger partial charge in [0.1, 0.15) is 6.04 Å². The van der Waals surface area contributed by atoms with Gasteiger partial charge in [-0.25, -0.2) is 4.79 Å². The van der Waals surface area contributed by atoms with Gasteiger partial charge in [0.25, 0.3) is 5.91 Å². The van der Waals surface area contributed by atoms with E-state index in [1.165, 1.54) is 17.0 Å². The van der Waals surface area contributed by atoms with Gasteiger partial charge in [-0.3, -0.25) is 9.59 Å². The van der Waals surface area contributed by atoms with Crippen molar-refractivity contribution in [1.82, 2.24) is 9.80 Å². The van der Waals surface area contributed by atoms with Gasteiger partial charge in [-0.15, -0.1) is 0 Å². The lowest BCUT2D eigenvalue weighted by Crippen LogP contribution is -2.52. The maximum Gasteiger partial charge on any atom is 0.416 e. The van der Waals surface area contributed by atoms with Crippen LogP contribution in [-0.4, -0.2) is 57.9 Å². The molecule has 1 saturated heterocycles. The van der Waals surface area contributed by atoms with Crippen molar-refractivity contribution in [3.05, 3.63) is 120 Å². The molecule has 1 aliphatic carbocycles. The minimum absolute atomic E-state index is 0.0101. The molecule has 242 valence electrons. The Balaban J connectivity index is 1.27. The van der Waals surface area contributed by atoms with Crippen LogP contribution in [0, 0.1) is 5.92 Å². The number of hydrogen-bond acceptors (Lipinski definition) is 3. The molecule has 9 heteroatoms. The number of halogens is 3. The van der Waals surface area contributed by atoms with Crippen LogP contribution in [0.15, 0.2) is 103 Å². The summed E-state index contributed by atoms with van der Waals surface area (Å²) in [6.45, 7) is 0.666. The van der Waals surface area contributed by atoms with E-state index in [1.54, 1.807) is 24.3 Å². The molecule has 2 fully saturated rings. The number of benzene rings is 4. The predicted molar refractivity (Wildman–Crippen MR) is 172 cm³/mol. The number of carboxylic acids is 1. The molecule has 6 nitrogen and oxygen atoms in total. The van der Waals surface area contributed by atoms with Crippen LogP contribution >= 0.6 is 0 Å². The quantitative estimate of drug-likeness (QED) is 0.194. The highest BCUT2D eigenvalue weighted by Crippen LogP contribution is 2.35. The van der Waals surface area contributed by atoms with Crippen molar-refractivity contribution in [2.45, 2.75) is 50.4 Å². The maximum atomic E-state index is 14.2. The first-order chi connectivity index (χ1) is 22.6. The van der Waals surface area contributed by atoms with Gasteiger partial charge in [-0.2, -0.15) is 13.2 Å². The van der Waals surface area contributed by atoms with E-state index in [0.717, 1.165) is 48.1 Å². The third kappa shape index (κ3) is 7.40. The molecule has 0 unspecified atom stereocenters. The molecule has 0 bridgehead atoms. The van der Waals surface area contributed by atoms with Crippen LogP contribution in [0.5, 0.6) is 0 Å². The first-order valence-corrected chi connectivity index (χ1v) is 15.8. The topological polar surface area (TPSA) is 77.9 Å². The van der Waals surface area contributed by atoms with Crippen molar-refractivity contribution in [1.29, 1.82) is 0 Å². The minimum atomic E-state index is -4.44. The van der Waals surface area contributed by atoms with E-state index in [-0.39, 0.29) is 36.4 Å². The summed E-state index contributed by atoms with van der Waals surface area (Å²) in [6, 6.07) is 27.1. The number of aliphatic carboxylic acids is 1. The van der Waals surface area contributed by atoms with Crippen LogP contribution in [0.2, 0.25) is 0 Å². The first-order valence-electron chi connectivity index (χ1n) is 15.8. The second-order valence-corrected chi connectivity index (χ2v) is 12.3. The predicted octanol–water partition coefficient (Wildman–Crippen LogP) is 7.58. The molecule has 1 heterocycles. The molecule has 4 aromatic carbocycles. The van der Waals surface area contributed by atoms with E-state index < -0.39 is 29.7 Å². The van der Waals surface area contributed by atoms with E-state index >= 15 is 0 Å². The number of carbonyl (C=O) groups is 3. The second-order valence-electron chi connectivity index (χ2n) is 12.3. The fourth-order valence-corrected chi connectivity index (χ4v) is 6.30. The van der Waals surface area contributed by atoms with E-state index in [4.69, 9.17) is 0 Å². The third-order valence-corrected chi connectivity index (χ3v) is 9.08. The highest BCUT2D eigenvalue weighted by atomic mass is 19.4. The average molecular weight is 641 g/mol. The lowest BCUT2D eigenvalue weighted by atomic mass is 9.98. The van der Waals surface area contributed by atoms with Gasteiger partial charge in [-0.1, -0.05) is 78.9 Å². The molecule has 2 atom stereocenters. The fourth-order valence-electron chi connectivity index (χ4n) is 6.30. The van der Waals surface area contributed by atoms with Gasteiger partial charge in [0.05, 0.1) is 5.56 Å². The average Bonchev–Trinajstić information content (AvgIpc) is 3.84. The van der Waals surface area contributed by atoms with Gasteiger partial charge in [-0.05, 0) is 77.8 Å². The smallest absolute Gasteiger partial charge is 0.416 e. The summed E-state index contributed by atoms with van der Waals surface area (Å²) in [6.07, 6.45) is -1.21. The second kappa shape index (κ2) is 13.4.